The number of hydrogen-bond donors (Lipinski definition) is 1. The van der Waals surface area contributed by atoms with Crippen LogP contribution in [0.25, 0.3) is 0 Å². The zero-order valence-electron chi connectivity index (χ0n) is 15.6. The minimum atomic E-state index is -0.591. The van der Waals surface area contributed by atoms with Crippen LogP contribution in [0.15, 0.2) is 18.3 Å². The molecular weight excluding hydrogens is 344 g/mol. The van der Waals surface area contributed by atoms with Gasteiger partial charge < -0.3 is 15.5 Å². The van der Waals surface area contributed by atoms with Gasteiger partial charge in [-0.3, -0.25) is 19.4 Å². The van der Waals surface area contributed by atoms with Crippen molar-refractivity contribution in [1.82, 2.24) is 14.8 Å². The molecule has 7 heteroatoms. The number of aromatic nitrogens is 1. The topological polar surface area (TPSA) is 96.6 Å². The summed E-state index contributed by atoms with van der Waals surface area (Å²) in [5.41, 5.74) is 7.48. The van der Waals surface area contributed by atoms with E-state index in [-0.39, 0.29) is 36.1 Å². The molecule has 2 bridgehead atoms. The van der Waals surface area contributed by atoms with Crippen molar-refractivity contribution in [2.24, 2.45) is 17.6 Å². The molecule has 0 spiro atoms. The van der Waals surface area contributed by atoms with Crippen LogP contribution in [0.3, 0.4) is 0 Å². The Kier molecular flexibility index (Phi) is 4.61. The number of rotatable bonds is 3. The SMILES string of the molecule is Cc1cccnc1CC(=O)N1C[C@@H]2C[C@H](C1)[C@H](C(N)=O)N1C(=O)CCC[C@@H]21. The fourth-order valence-electron chi connectivity index (χ4n) is 5.18. The summed E-state index contributed by atoms with van der Waals surface area (Å²) < 4.78 is 0. The Labute approximate surface area is 158 Å². The average molecular weight is 370 g/mol. The third kappa shape index (κ3) is 3.19. The highest BCUT2D eigenvalue weighted by molar-refractivity contribution is 5.88. The van der Waals surface area contributed by atoms with E-state index in [2.05, 4.69) is 4.98 Å². The van der Waals surface area contributed by atoms with Crippen molar-refractivity contribution in [1.29, 1.82) is 0 Å². The van der Waals surface area contributed by atoms with Crippen LogP contribution < -0.4 is 5.73 Å². The monoisotopic (exact) mass is 370 g/mol. The summed E-state index contributed by atoms with van der Waals surface area (Å²) in [6, 6.07) is 3.24. The lowest BCUT2D eigenvalue weighted by Crippen LogP contribution is -2.68. The van der Waals surface area contributed by atoms with Gasteiger partial charge in [0.05, 0.1) is 12.1 Å². The van der Waals surface area contributed by atoms with E-state index in [1.54, 1.807) is 11.1 Å². The Morgan fingerprint density at radius 3 is 2.81 bits per heavy atom. The number of aryl methyl sites for hydroxylation is 1. The number of piperidine rings is 3. The quantitative estimate of drug-likeness (QED) is 0.845. The third-order valence-corrected chi connectivity index (χ3v) is 6.42. The Balaban J connectivity index is 1.56. The highest BCUT2D eigenvalue weighted by Crippen LogP contribution is 2.41. The molecule has 0 saturated carbocycles. The lowest BCUT2D eigenvalue weighted by atomic mass is 9.71. The zero-order chi connectivity index (χ0) is 19.1. The molecule has 1 aromatic heterocycles. The highest BCUT2D eigenvalue weighted by atomic mass is 16.2. The number of hydrogen-bond acceptors (Lipinski definition) is 4. The van der Waals surface area contributed by atoms with Gasteiger partial charge in [0.25, 0.3) is 0 Å². The Hall–Kier alpha value is -2.44. The van der Waals surface area contributed by atoms with Crippen molar-refractivity contribution in [3.8, 4) is 0 Å². The molecule has 3 saturated heterocycles. The van der Waals surface area contributed by atoms with Crippen molar-refractivity contribution < 1.29 is 14.4 Å². The molecule has 1 aromatic rings. The first-order valence-corrected chi connectivity index (χ1v) is 9.74. The van der Waals surface area contributed by atoms with Crippen molar-refractivity contribution in [2.75, 3.05) is 13.1 Å². The molecule has 4 rings (SSSR count). The Bertz CT molecular complexity index is 780. The van der Waals surface area contributed by atoms with E-state index in [0.29, 0.717) is 19.5 Å². The second-order valence-electron chi connectivity index (χ2n) is 8.11. The molecule has 0 aromatic carbocycles. The van der Waals surface area contributed by atoms with Crippen molar-refractivity contribution >= 4 is 17.7 Å². The molecule has 4 heterocycles. The number of fused-ring (bicyclic) bond motifs is 4. The summed E-state index contributed by atoms with van der Waals surface area (Å²) in [4.78, 5) is 45.6. The van der Waals surface area contributed by atoms with Gasteiger partial charge in [0.1, 0.15) is 6.04 Å². The fourth-order valence-corrected chi connectivity index (χ4v) is 5.18. The molecule has 0 unspecified atom stereocenters. The highest BCUT2D eigenvalue weighted by Gasteiger charge is 2.51. The second kappa shape index (κ2) is 6.94. The molecule has 3 fully saturated rings. The minimum absolute atomic E-state index is 0.0205. The lowest BCUT2D eigenvalue weighted by Gasteiger charge is -2.55. The van der Waals surface area contributed by atoms with Gasteiger partial charge in [-0.05, 0) is 43.7 Å². The largest absolute Gasteiger partial charge is 0.368 e. The van der Waals surface area contributed by atoms with Crippen molar-refractivity contribution in [3.05, 3.63) is 29.6 Å². The Morgan fingerprint density at radius 1 is 1.30 bits per heavy atom. The van der Waals surface area contributed by atoms with E-state index < -0.39 is 11.9 Å². The predicted molar refractivity (Wildman–Crippen MR) is 98.3 cm³/mol. The summed E-state index contributed by atoms with van der Waals surface area (Å²) in [5.74, 6) is -0.238. The molecule has 0 radical (unpaired) electrons. The first kappa shape index (κ1) is 17.9. The first-order valence-electron chi connectivity index (χ1n) is 9.74. The van der Waals surface area contributed by atoms with Crippen molar-refractivity contribution in [2.45, 2.75) is 51.1 Å². The molecule has 3 aliphatic heterocycles. The molecule has 4 atom stereocenters. The average Bonchev–Trinajstić information content (AvgIpc) is 2.64. The van der Waals surface area contributed by atoms with Crippen LogP contribution in [0.5, 0.6) is 0 Å². The van der Waals surface area contributed by atoms with Crippen LogP contribution >= 0.6 is 0 Å². The molecule has 0 aliphatic carbocycles. The van der Waals surface area contributed by atoms with Crippen LogP contribution in [-0.2, 0) is 20.8 Å². The van der Waals surface area contributed by atoms with E-state index in [9.17, 15) is 14.4 Å². The molecule has 3 aliphatic rings. The summed E-state index contributed by atoms with van der Waals surface area (Å²) in [5, 5.41) is 0. The van der Waals surface area contributed by atoms with Gasteiger partial charge in [-0.25, -0.2) is 0 Å². The van der Waals surface area contributed by atoms with Crippen LogP contribution in [0.1, 0.15) is 36.9 Å². The van der Waals surface area contributed by atoms with Crippen LogP contribution in [0.2, 0.25) is 0 Å². The molecule has 144 valence electrons. The number of carbonyl (C=O) groups excluding carboxylic acids is 3. The van der Waals surface area contributed by atoms with E-state index in [1.807, 2.05) is 24.0 Å². The number of primary amides is 1. The summed E-state index contributed by atoms with van der Waals surface area (Å²) in [6.07, 6.45) is 5.04. The maximum atomic E-state index is 12.9. The summed E-state index contributed by atoms with van der Waals surface area (Å²) in [7, 11) is 0. The zero-order valence-corrected chi connectivity index (χ0v) is 15.6. The maximum absolute atomic E-state index is 12.9. The fraction of sp³-hybridized carbons (Fsp3) is 0.600. The molecule has 27 heavy (non-hydrogen) atoms. The smallest absolute Gasteiger partial charge is 0.240 e. The van der Waals surface area contributed by atoms with Crippen LogP contribution in [0, 0.1) is 18.8 Å². The molecular formula is C20H26N4O3. The Morgan fingerprint density at radius 2 is 2.07 bits per heavy atom. The number of nitrogens with two attached hydrogens (primary N) is 1. The summed E-state index contributed by atoms with van der Waals surface area (Å²) in [6.45, 7) is 3.07. The number of amides is 3. The van der Waals surface area contributed by atoms with Gasteiger partial charge in [0, 0.05) is 37.7 Å². The molecule has 2 N–H and O–H groups in total. The number of pyridine rings is 1. The van der Waals surface area contributed by atoms with Gasteiger partial charge in [0.15, 0.2) is 0 Å². The van der Waals surface area contributed by atoms with Gasteiger partial charge in [-0.15, -0.1) is 0 Å². The van der Waals surface area contributed by atoms with E-state index >= 15 is 0 Å². The summed E-state index contributed by atoms with van der Waals surface area (Å²) >= 11 is 0. The van der Waals surface area contributed by atoms with Gasteiger partial charge >= 0.3 is 0 Å². The molecule has 7 nitrogen and oxygen atoms in total. The standard InChI is InChI=1S/C20H26N4O3/c1-12-4-3-7-22-15(12)9-18(26)23-10-13-8-14(11-23)19(20(21)27)24-16(13)5-2-6-17(24)25/h3-4,7,13-14,16,19H,2,5-6,8-11H2,1H3,(H2,21,27)/t13-,14+,16-,19+/m0/s1. The van der Waals surface area contributed by atoms with Gasteiger partial charge in [-0.2, -0.15) is 0 Å². The minimum Gasteiger partial charge on any atom is -0.368 e. The lowest BCUT2D eigenvalue weighted by molar-refractivity contribution is -0.161. The van der Waals surface area contributed by atoms with Gasteiger partial charge in [-0.1, -0.05) is 6.07 Å². The van der Waals surface area contributed by atoms with E-state index in [0.717, 1.165) is 30.5 Å². The third-order valence-electron chi connectivity index (χ3n) is 6.42. The maximum Gasteiger partial charge on any atom is 0.240 e. The predicted octanol–water partition coefficient (Wildman–Crippen LogP) is 0.646. The van der Waals surface area contributed by atoms with Crippen LogP contribution in [0.4, 0.5) is 0 Å². The van der Waals surface area contributed by atoms with Crippen LogP contribution in [-0.4, -0.2) is 57.7 Å². The number of likely N-dealkylation sites (tertiary alicyclic amines) is 1. The van der Waals surface area contributed by atoms with E-state index in [4.69, 9.17) is 5.73 Å². The normalized spacial score (nSPS) is 30.0. The second-order valence-corrected chi connectivity index (χ2v) is 8.11. The van der Waals surface area contributed by atoms with Gasteiger partial charge in [0.2, 0.25) is 17.7 Å². The number of nitrogens with zero attached hydrogens (tertiary/aromatic N) is 3. The first-order chi connectivity index (χ1) is 13.0. The van der Waals surface area contributed by atoms with Crippen molar-refractivity contribution in [3.63, 3.8) is 0 Å². The molecule has 3 amide bonds. The number of carbonyl (C=O) groups is 3. The van der Waals surface area contributed by atoms with E-state index in [1.165, 1.54) is 0 Å².